The lowest BCUT2D eigenvalue weighted by Crippen LogP contribution is -2.29. The first-order chi connectivity index (χ1) is 4.63. The number of carbonyl (C=O) groups is 1. The highest BCUT2D eigenvalue weighted by Crippen LogP contribution is 2.40. The van der Waals surface area contributed by atoms with Crippen molar-refractivity contribution in [2.24, 2.45) is 23.5 Å². The Hall–Kier alpha value is -0.530. The van der Waals surface area contributed by atoms with Gasteiger partial charge in [0.25, 0.3) is 0 Å². The van der Waals surface area contributed by atoms with Crippen LogP contribution in [-0.4, -0.2) is 5.91 Å². The summed E-state index contributed by atoms with van der Waals surface area (Å²) in [6, 6.07) is 0. The van der Waals surface area contributed by atoms with Gasteiger partial charge < -0.3 is 5.73 Å². The molecule has 0 heterocycles. The van der Waals surface area contributed by atoms with Crippen molar-refractivity contribution < 1.29 is 4.79 Å². The summed E-state index contributed by atoms with van der Waals surface area (Å²) in [5.41, 5.74) is 5.24. The molecule has 1 aliphatic rings. The molecule has 0 aromatic heterocycles. The van der Waals surface area contributed by atoms with Gasteiger partial charge in [0.1, 0.15) is 0 Å². The molecule has 0 unspecified atom stereocenters. The summed E-state index contributed by atoms with van der Waals surface area (Å²) in [5, 5.41) is 0. The summed E-state index contributed by atoms with van der Waals surface area (Å²) in [6.45, 7) is 4.13. The number of hydrogen-bond acceptors (Lipinski definition) is 1. The molecular weight excluding hydrogens is 126 g/mol. The topological polar surface area (TPSA) is 43.1 Å². The summed E-state index contributed by atoms with van der Waals surface area (Å²) in [5.74, 6) is 1.06. The van der Waals surface area contributed by atoms with Crippen molar-refractivity contribution in [3.63, 3.8) is 0 Å². The third kappa shape index (κ3) is 1.49. The summed E-state index contributed by atoms with van der Waals surface area (Å²) in [6.07, 6.45) is 2.40. The van der Waals surface area contributed by atoms with E-state index in [4.69, 9.17) is 5.73 Å². The van der Waals surface area contributed by atoms with Gasteiger partial charge in [-0.05, 0) is 24.7 Å². The third-order valence-corrected chi connectivity index (χ3v) is 2.18. The van der Waals surface area contributed by atoms with E-state index in [0.717, 1.165) is 0 Å². The minimum absolute atomic E-state index is 0.113. The number of rotatable bonds is 3. The molecular formula is C8H15NO. The highest BCUT2D eigenvalue weighted by molar-refractivity contribution is 5.77. The predicted molar refractivity (Wildman–Crippen MR) is 40.2 cm³/mol. The van der Waals surface area contributed by atoms with Crippen molar-refractivity contribution >= 4 is 5.91 Å². The van der Waals surface area contributed by atoms with Gasteiger partial charge in [-0.25, -0.2) is 0 Å². The molecule has 2 nitrogen and oxygen atoms in total. The first-order valence-electron chi connectivity index (χ1n) is 3.92. The maximum Gasteiger partial charge on any atom is 0.221 e. The molecule has 1 fully saturated rings. The standard InChI is InChI=1S/C8H15NO/c1-5(2)7(8(9)10)6-3-4-6/h5-7H,3-4H2,1-2H3,(H2,9,10)/t7-/m0/s1. The van der Waals surface area contributed by atoms with E-state index in [1.807, 2.05) is 0 Å². The summed E-state index contributed by atoms with van der Waals surface area (Å²) in [7, 11) is 0. The van der Waals surface area contributed by atoms with Crippen LogP contribution in [0.5, 0.6) is 0 Å². The lowest BCUT2D eigenvalue weighted by atomic mass is 9.90. The van der Waals surface area contributed by atoms with Crippen LogP contribution in [0.2, 0.25) is 0 Å². The average molecular weight is 141 g/mol. The van der Waals surface area contributed by atoms with Gasteiger partial charge in [0.15, 0.2) is 0 Å². The van der Waals surface area contributed by atoms with E-state index in [1.165, 1.54) is 12.8 Å². The second-order valence-corrected chi connectivity index (χ2v) is 3.51. The Bertz CT molecular complexity index is 136. The Morgan fingerprint density at radius 3 is 2.10 bits per heavy atom. The number of hydrogen-bond donors (Lipinski definition) is 1. The van der Waals surface area contributed by atoms with E-state index in [-0.39, 0.29) is 11.8 Å². The molecule has 10 heavy (non-hydrogen) atoms. The lowest BCUT2D eigenvalue weighted by Gasteiger charge is -2.15. The molecule has 0 saturated heterocycles. The lowest BCUT2D eigenvalue weighted by molar-refractivity contribution is -0.123. The SMILES string of the molecule is CC(C)[C@H](C(N)=O)C1CC1. The van der Waals surface area contributed by atoms with Crippen LogP contribution in [0, 0.1) is 17.8 Å². The van der Waals surface area contributed by atoms with Crippen LogP contribution < -0.4 is 5.73 Å². The average Bonchev–Trinajstić information content (AvgIpc) is 2.46. The Morgan fingerprint density at radius 2 is 2.00 bits per heavy atom. The quantitative estimate of drug-likeness (QED) is 0.629. The molecule has 0 aromatic rings. The van der Waals surface area contributed by atoms with Gasteiger partial charge in [0.2, 0.25) is 5.91 Å². The van der Waals surface area contributed by atoms with Crippen molar-refractivity contribution in [3.05, 3.63) is 0 Å². The van der Waals surface area contributed by atoms with Gasteiger partial charge in [-0.1, -0.05) is 13.8 Å². The predicted octanol–water partition coefficient (Wildman–Crippen LogP) is 1.15. The van der Waals surface area contributed by atoms with Crippen LogP contribution in [0.25, 0.3) is 0 Å². The van der Waals surface area contributed by atoms with Gasteiger partial charge in [0, 0.05) is 5.92 Å². The van der Waals surface area contributed by atoms with E-state index < -0.39 is 0 Å². The van der Waals surface area contributed by atoms with Crippen LogP contribution in [0.3, 0.4) is 0 Å². The zero-order valence-electron chi connectivity index (χ0n) is 6.63. The Labute approximate surface area is 61.8 Å². The van der Waals surface area contributed by atoms with Gasteiger partial charge >= 0.3 is 0 Å². The second-order valence-electron chi connectivity index (χ2n) is 3.51. The first kappa shape index (κ1) is 7.58. The minimum atomic E-state index is -0.113. The van der Waals surface area contributed by atoms with Crippen molar-refractivity contribution in [1.82, 2.24) is 0 Å². The fraction of sp³-hybridized carbons (Fsp3) is 0.875. The van der Waals surface area contributed by atoms with E-state index in [9.17, 15) is 4.79 Å². The molecule has 0 aromatic carbocycles. The fourth-order valence-corrected chi connectivity index (χ4v) is 1.56. The number of nitrogens with two attached hydrogens (primary N) is 1. The maximum absolute atomic E-state index is 10.8. The number of amides is 1. The second kappa shape index (κ2) is 2.60. The molecule has 1 saturated carbocycles. The van der Waals surface area contributed by atoms with Gasteiger partial charge in [0.05, 0.1) is 0 Å². The third-order valence-electron chi connectivity index (χ3n) is 2.18. The molecule has 1 atom stereocenters. The molecule has 58 valence electrons. The molecule has 0 aliphatic heterocycles. The monoisotopic (exact) mass is 141 g/mol. The van der Waals surface area contributed by atoms with Gasteiger partial charge in [-0.3, -0.25) is 4.79 Å². The normalized spacial score (nSPS) is 21.1. The van der Waals surface area contributed by atoms with Gasteiger partial charge in [-0.15, -0.1) is 0 Å². The summed E-state index contributed by atoms with van der Waals surface area (Å²) in [4.78, 5) is 10.8. The van der Waals surface area contributed by atoms with Gasteiger partial charge in [-0.2, -0.15) is 0 Å². The smallest absolute Gasteiger partial charge is 0.221 e. The summed E-state index contributed by atoms with van der Waals surface area (Å²) >= 11 is 0. The molecule has 1 rings (SSSR count). The fourth-order valence-electron chi connectivity index (χ4n) is 1.56. The van der Waals surface area contributed by atoms with Crippen molar-refractivity contribution in [2.45, 2.75) is 26.7 Å². The molecule has 2 N–H and O–H groups in total. The largest absolute Gasteiger partial charge is 0.369 e. The Morgan fingerprint density at radius 1 is 1.50 bits per heavy atom. The first-order valence-corrected chi connectivity index (χ1v) is 3.92. The molecule has 2 heteroatoms. The van der Waals surface area contributed by atoms with Crippen LogP contribution in [0.1, 0.15) is 26.7 Å². The van der Waals surface area contributed by atoms with Crippen LogP contribution in [0.15, 0.2) is 0 Å². The highest BCUT2D eigenvalue weighted by atomic mass is 16.1. The molecule has 0 radical (unpaired) electrons. The van der Waals surface area contributed by atoms with E-state index in [2.05, 4.69) is 13.8 Å². The molecule has 0 bridgehead atoms. The highest BCUT2D eigenvalue weighted by Gasteiger charge is 2.36. The Kier molecular flexibility index (Phi) is 1.97. The van der Waals surface area contributed by atoms with E-state index >= 15 is 0 Å². The Balaban J connectivity index is 2.49. The maximum atomic E-state index is 10.8. The van der Waals surface area contributed by atoms with E-state index in [1.54, 1.807) is 0 Å². The van der Waals surface area contributed by atoms with E-state index in [0.29, 0.717) is 11.8 Å². The molecule has 1 amide bonds. The number of carbonyl (C=O) groups excluding carboxylic acids is 1. The minimum Gasteiger partial charge on any atom is -0.369 e. The van der Waals surface area contributed by atoms with Crippen molar-refractivity contribution in [2.75, 3.05) is 0 Å². The molecule has 1 aliphatic carbocycles. The number of primary amides is 1. The van der Waals surface area contributed by atoms with Crippen LogP contribution in [0.4, 0.5) is 0 Å². The molecule has 0 spiro atoms. The zero-order valence-corrected chi connectivity index (χ0v) is 6.63. The van der Waals surface area contributed by atoms with Crippen LogP contribution >= 0.6 is 0 Å². The van der Waals surface area contributed by atoms with Crippen LogP contribution in [-0.2, 0) is 4.79 Å². The summed E-state index contributed by atoms with van der Waals surface area (Å²) < 4.78 is 0. The van der Waals surface area contributed by atoms with Crippen molar-refractivity contribution in [3.8, 4) is 0 Å². The zero-order chi connectivity index (χ0) is 7.72. The van der Waals surface area contributed by atoms with Crippen molar-refractivity contribution in [1.29, 1.82) is 0 Å².